The Hall–Kier alpha value is -4.42. The van der Waals surface area contributed by atoms with Gasteiger partial charge in [0, 0.05) is 18.8 Å². The quantitative estimate of drug-likeness (QED) is 0.114. The van der Waals surface area contributed by atoms with Crippen LogP contribution in [-0.2, 0) is 0 Å². The molecule has 1 amide bonds. The number of amides is 1. The predicted molar refractivity (Wildman–Crippen MR) is 165 cm³/mol. The van der Waals surface area contributed by atoms with E-state index in [0.29, 0.717) is 40.6 Å². The molecule has 4 aromatic rings. The monoisotopic (exact) mass is 574 g/mol. The van der Waals surface area contributed by atoms with Gasteiger partial charge in [-0.2, -0.15) is 0 Å². The maximum atomic E-state index is 13.3. The number of anilines is 3. The fraction of sp³-hybridized carbons (Fsp3) is 0.310. The number of rotatable bonds is 12. The Balaban J connectivity index is 1.31. The van der Waals surface area contributed by atoms with Crippen LogP contribution in [0.1, 0.15) is 28.9 Å². The van der Waals surface area contributed by atoms with Crippen LogP contribution in [0.5, 0.6) is 5.75 Å². The van der Waals surface area contributed by atoms with Gasteiger partial charge in [0.1, 0.15) is 17.2 Å². The van der Waals surface area contributed by atoms with E-state index < -0.39 is 5.56 Å². The van der Waals surface area contributed by atoms with Gasteiger partial charge in [0.15, 0.2) is 5.82 Å². The lowest BCUT2D eigenvalue weighted by Gasteiger charge is -2.31. The van der Waals surface area contributed by atoms with Crippen molar-refractivity contribution in [3.8, 4) is 11.4 Å². The number of thiophene rings is 1. The summed E-state index contributed by atoms with van der Waals surface area (Å²) in [7, 11) is 0. The van der Waals surface area contributed by atoms with Crippen molar-refractivity contribution in [2.75, 3.05) is 50.0 Å². The highest BCUT2D eigenvalue weighted by Gasteiger charge is 2.22. The van der Waals surface area contributed by atoms with Crippen molar-refractivity contribution < 1.29 is 9.53 Å². The van der Waals surface area contributed by atoms with E-state index in [2.05, 4.69) is 25.5 Å². The van der Waals surface area contributed by atoms with Gasteiger partial charge in [0.05, 0.1) is 34.7 Å². The smallest absolute Gasteiger partial charge is 0.298 e. The topological polar surface area (TPSA) is 153 Å². The van der Waals surface area contributed by atoms with Crippen molar-refractivity contribution in [3.05, 3.63) is 69.8 Å². The molecule has 0 atom stereocenters. The van der Waals surface area contributed by atoms with Crippen LogP contribution in [-0.4, -0.2) is 61.1 Å². The number of hydrogen-bond acceptors (Lipinski definition) is 9. The molecule has 2 aromatic heterocycles. The Kier molecular flexibility index (Phi) is 9.12. The maximum Gasteiger partial charge on any atom is 0.298 e. The molecular formula is C29H34N8O3S. The van der Waals surface area contributed by atoms with Gasteiger partial charge >= 0.3 is 0 Å². The Morgan fingerprint density at radius 1 is 1.07 bits per heavy atom. The molecule has 0 aliphatic carbocycles. The third kappa shape index (κ3) is 6.50. The fourth-order valence-corrected chi connectivity index (χ4v) is 5.68. The second-order valence-electron chi connectivity index (χ2n) is 9.55. The molecule has 0 saturated heterocycles. The molecule has 1 aliphatic heterocycles. The summed E-state index contributed by atoms with van der Waals surface area (Å²) < 4.78 is 7.42. The number of unbranched alkanes of at least 4 members (excludes halogenated alkanes) is 1. The molecule has 2 aromatic carbocycles. The number of benzene rings is 2. The highest BCUT2D eigenvalue weighted by atomic mass is 32.1. The molecule has 3 heterocycles. The van der Waals surface area contributed by atoms with Crippen molar-refractivity contribution >= 4 is 51.1 Å². The summed E-state index contributed by atoms with van der Waals surface area (Å²) in [5.74, 6) is 0.399. The zero-order valence-corrected chi connectivity index (χ0v) is 23.5. The number of carbonyl (C=O) groups is 1. The van der Waals surface area contributed by atoms with E-state index in [4.69, 9.17) is 16.2 Å². The van der Waals surface area contributed by atoms with Crippen molar-refractivity contribution in [2.45, 2.75) is 19.3 Å². The van der Waals surface area contributed by atoms with Gasteiger partial charge in [-0.25, -0.2) is 4.98 Å². The number of para-hydroxylation sites is 1. The Labute approximate surface area is 241 Å². The van der Waals surface area contributed by atoms with Crippen molar-refractivity contribution in [2.24, 2.45) is 10.7 Å². The van der Waals surface area contributed by atoms with E-state index in [1.165, 1.54) is 22.2 Å². The van der Waals surface area contributed by atoms with Gasteiger partial charge in [-0.1, -0.05) is 18.2 Å². The molecule has 0 unspecified atom stereocenters. The van der Waals surface area contributed by atoms with Crippen LogP contribution in [0.3, 0.4) is 0 Å². The first kappa shape index (κ1) is 28.1. The van der Waals surface area contributed by atoms with Gasteiger partial charge < -0.3 is 31.7 Å². The summed E-state index contributed by atoms with van der Waals surface area (Å²) in [5, 5.41) is 6.33. The van der Waals surface area contributed by atoms with E-state index in [-0.39, 0.29) is 11.7 Å². The molecule has 0 spiro atoms. The summed E-state index contributed by atoms with van der Waals surface area (Å²) >= 11 is 1.21. The first-order valence-electron chi connectivity index (χ1n) is 13.7. The highest BCUT2D eigenvalue weighted by molar-refractivity contribution is 7.20. The zero-order chi connectivity index (χ0) is 28.6. The molecule has 0 saturated carbocycles. The second-order valence-corrected chi connectivity index (χ2v) is 10.6. The fourth-order valence-electron chi connectivity index (χ4n) is 4.74. The van der Waals surface area contributed by atoms with Crippen LogP contribution in [0.25, 0.3) is 16.0 Å². The van der Waals surface area contributed by atoms with Gasteiger partial charge in [-0.3, -0.25) is 19.1 Å². The third-order valence-corrected chi connectivity index (χ3v) is 7.76. The number of aliphatic imine (C=N–C) groups is 1. The number of nitrogens with zero attached hydrogens (tertiary/aromatic N) is 4. The number of carbonyl (C=O) groups excluding carboxylic acids is 1. The van der Waals surface area contributed by atoms with Crippen LogP contribution in [0.15, 0.2) is 64.4 Å². The van der Waals surface area contributed by atoms with Crippen LogP contribution < -0.4 is 37.3 Å². The first-order chi connectivity index (χ1) is 20.1. The predicted octanol–water partition coefficient (Wildman–Crippen LogP) is 3.04. The molecule has 5 rings (SSSR count). The number of hydrogen-bond donors (Lipinski definition) is 4. The third-order valence-electron chi connectivity index (χ3n) is 6.75. The molecule has 11 nitrogen and oxygen atoms in total. The maximum absolute atomic E-state index is 13.3. The summed E-state index contributed by atoms with van der Waals surface area (Å²) in [4.78, 5) is 37.6. The number of ether oxygens (including phenoxy) is 1. The first-order valence-corrected chi connectivity index (χ1v) is 14.5. The van der Waals surface area contributed by atoms with Gasteiger partial charge in [0.25, 0.3) is 11.5 Å². The van der Waals surface area contributed by atoms with E-state index in [1.54, 1.807) is 6.07 Å². The average Bonchev–Trinajstić information content (AvgIpc) is 3.42. The lowest BCUT2D eigenvalue weighted by atomic mass is 10.1. The van der Waals surface area contributed by atoms with Crippen LogP contribution in [0.2, 0.25) is 0 Å². The lowest BCUT2D eigenvalue weighted by molar-refractivity contribution is 0.0957. The average molecular weight is 575 g/mol. The number of nitrogens with two attached hydrogens (primary N) is 2. The molecule has 0 radical (unpaired) electrons. The Bertz CT molecular complexity index is 1580. The van der Waals surface area contributed by atoms with Crippen molar-refractivity contribution in [1.29, 1.82) is 0 Å². The van der Waals surface area contributed by atoms with Gasteiger partial charge in [0.2, 0.25) is 0 Å². The minimum Gasteiger partial charge on any atom is -0.490 e. The summed E-state index contributed by atoms with van der Waals surface area (Å²) in [6.07, 6.45) is 4.13. The minimum atomic E-state index is -0.439. The van der Waals surface area contributed by atoms with Crippen LogP contribution in [0.4, 0.5) is 17.2 Å². The summed E-state index contributed by atoms with van der Waals surface area (Å²) in [6.45, 7) is 4.19. The SMILES string of the molecule is NC=NCCCCNCCCNC(=O)c1cc2c(nc(N)c(=O)n2-c2ccc3c(c2)N(c2ccccc2)CCO3)s1. The second kappa shape index (κ2) is 13.3. The van der Waals surface area contributed by atoms with E-state index in [9.17, 15) is 9.59 Å². The summed E-state index contributed by atoms with van der Waals surface area (Å²) in [6, 6.07) is 17.3. The molecular weight excluding hydrogens is 540 g/mol. The lowest BCUT2D eigenvalue weighted by Crippen LogP contribution is -2.29. The number of nitrogens with one attached hydrogen (secondary N) is 2. The number of fused-ring (bicyclic) bond motifs is 2. The zero-order valence-electron chi connectivity index (χ0n) is 22.7. The molecule has 0 fully saturated rings. The summed E-state index contributed by atoms with van der Waals surface area (Å²) in [5.41, 5.74) is 13.9. The van der Waals surface area contributed by atoms with Crippen molar-refractivity contribution in [3.63, 3.8) is 0 Å². The molecule has 6 N–H and O–H groups in total. The Morgan fingerprint density at radius 2 is 1.90 bits per heavy atom. The molecule has 1 aliphatic rings. The molecule has 12 heteroatoms. The van der Waals surface area contributed by atoms with Gasteiger partial charge in [-0.15, -0.1) is 11.3 Å². The molecule has 214 valence electrons. The standard InChI is InChI=1S/C29H34N8O3S/c30-19-33-12-5-4-11-32-13-6-14-34-27(38)25-18-23-28(41-25)35-26(31)29(39)37(23)21-9-10-24-22(17-21)36(15-16-40-24)20-7-2-1-3-8-20/h1-3,7-10,17-19,32H,4-6,11-16H2,(H2,30,33)(H2,31,35)(H,34,38). The van der Waals surface area contributed by atoms with Crippen molar-refractivity contribution in [1.82, 2.24) is 20.2 Å². The van der Waals surface area contributed by atoms with Crippen LogP contribution in [0, 0.1) is 0 Å². The number of nitrogen functional groups attached to an aromatic ring is 1. The van der Waals surface area contributed by atoms with E-state index >= 15 is 0 Å². The van der Waals surface area contributed by atoms with Crippen LogP contribution >= 0.6 is 11.3 Å². The van der Waals surface area contributed by atoms with E-state index in [1.807, 2.05) is 48.5 Å². The van der Waals surface area contributed by atoms with Gasteiger partial charge in [-0.05, 0) is 68.8 Å². The Morgan fingerprint density at radius 3 is 2.73 bits per heavy atom. The highest BCUT2D eigenvalue weighted by Crippen LogP contribution is 2.38. The minimum absolute atomic E-state index is 0.124. The number of aromatic nitrogens is 2. The molecule has 41 heavy (non-hydrogen) atoms. The van der Waals surface area contributed by atoms with E-state index in [0.717, 1.165) is 56.0 Å². The largest absolute Gasteiger partial charge is 0.490 e. The normalized spacial score (nSPS) is 12.9. The molecule has 0 bridgehead atoms.